The Morgan fingerprint density at radius 1 is 1.73 bits per heavy atom. The van der Waals surface area contributed by atoms with Crippen LogP contribution in [0.2, 0.25) is 0 Å². The molecule has 0 saturated heterocycles. The number of alkyl halides is 1. The second kappa shape index (κ2) is 4.00. The van der Waals surface area contributed by atoms with E-state index in [1.165, 1.54) is 20.1 Å². The molecule has 1 rings (SSSR count). The number of hydrogen-bond acceptors (Lipinski definition) is 3. The average molecular weight is 215 g/mol. The zero-order valence-corrected chi connectivity index (χ0v) is 8.95. The fourth-order valence-electron chi connectivity index (χ4n) is 1.07. The summed E-state index contributed by atoms with van der Waals surface area (Å²) >= 11 is 0. The Morgan fingerprint density at radius 3 is 2.73 bits per heavy atom. The Labute approximate surface area is 87.1 Å². The molecule has 1 N–H and O–H groups in total. The van der Waals surface area contributed by atoms with Gasteiger partial charge in [0.25, 0.3) is 0 Å². The minimum Gasteiger partial charge on any atom is -0.481 e. The molecule has 84 valence electrons. The first kappa shape index (κ1) is 11.7. The predicted octanol–water partition coefficient (Wildman–Crippen LogP) is 2.14. The van der Waals surface area contributed by atoms with Crippen LogP contribution in [0.5, 0.6) is 0 Å². The van der Waals surface area contributed by atoms with E-state index in [1.807, 2.05) is 0 Å². The molecular formula is C10H14FNO3. The molecule has 0 aromatic carbocycles. The van der Waals surface area contributed by atoms with Gasteiger partial charge in [-0.25, -0.2) is 9.37 Å². The van der Waals surface area contributed by atoms with Gasteiger partial charge >= 0.3 is 5.97 Å². The Bertz CT molecular complexity index is 354. The number of nitrogens with zero attached hydrogens (tertiary/aromatic N) is 1. The van der Waals surface area contributed by atoms with Crippen molar-refractivity contribution in [2.45, 2.75) is 32.9 Å². The van der Waals surface area contributed by atoms with E-state index in [-0.39, 0.29) is 12.3 Å². The van der Waals surface area contributed by atoms with Gasteiger partial charge < -0.3 is 9.52 Å². The molecule has 0 aliphatic carbocycles. The van der Waals surface area contributed by atoms with E-state index >= 15 is 0 Å². The highest BCUT2D eigenvalue weighted by atomic mass is 19.1. The lowest BCUT2D eigenvalue weighted by atomic mass is 10.1. The van der Waals surface area contributed by atoms with Gasteiger partial charge in [-0.05, 0) is 13.8 Å². The third kappa shape index (κ3) is 3.04. The molecule has 15 heavy (non-hydrogen) atoms. The lowest BCUT2D eigenvalue weighted by molar-refractivity contribution is -0.141. The highest BCUT2D eigenvalue weighted by Gasteiger charge is 2.26. The zero-order chi connectivity index (χ0) is 11.6. The van der Waals surface area contributed by atoms with Crippen molar-refractivity contribution in [3.63, 3.8) is 0 Å². The molecule has 0 fully saturated rings. The number of rotatable bonds is 4. The second-order valence-electron chi connectivity index (χ2n) is 4.06. The van der Waals surface area contributed by atoms with Crippen molar-refractivity contribution in [3.05, 3.63) is 17.8 Å². The number of halogens is 1. The molecule has 5 heteroatoms. The molecular weight excluding hydrogens is 201 g/mol. The predicted molar refractivity (Wildman–Crippen MR) is 51.1 cm³/mol. The Hall–Kier alpha value is -1.39. The van der Waals surface area contributed by atoms with E-state index in [2.05, 4.69) is 4.98 Å². The summed E-state index contributed by atoms with van der Waals surface area (Å²) < 4.78 is 18.3. The SMILES string of the molecule is CC(Cc1coc(C(C)(C)F)n1)C(=O)O. The molecule has 0 spiro atoms. The Kier molecular flexibility index (Phi) is 3.12. The molecule has 0 saturated carbocycles. The molecule has 1 heterocycles. The van der Waals surface area contributed by atoms with Crippen LogP contribution < -0.4 is 0 Å². The maximum Gasteiger partial charge on any atom is 0.306 e. The number of aliphatic carboxylic acids is 1. The van der Waals surface area contributed by atoms with Crippen LogP contribution in [-0.4, -0.2) is 16.1 Å². The van der Waals surface area contributed by atoms with E-state index in [9.17, 15) is 9.18 Å². The van der Waals surface area contributed by atoms with Crippen molar-refractivity contribution in [2.24, 2.45) is 5.92 Å². The molecule has 1 unspecified atom stereocenters. The smallest absolute Gasteiger partial charge is 0.306 e. The molecule has 0 aliphatic rings. The monoisotopic (exact) mass is 215 g/mol. The van der Waals surface area contributed by atoms with Gasteiger partial charge in [0.2, 0.25) is 5.89 Å². The highest BCUT2D eigenvalue weighted by Crippen LogP contribution is 2.24. The van der Waals surface area contributed by atoms with Gasteiger partial charge in [-0.1, -0.05) is 6.92 Å². The van der Waals surface area contributed by atoms with Crippen LogP contribution in [0.15, 0.2) is 10.7 Å². The summed E-state index contributed by atoms with van der Waals surface area (Å²) in [6, 6.07) is 0. The topological polar surface area (TPSA) is 63.3 Å². The summed E-state index contributed by atoms with van der Waals surface area (Å²) in [7, 11) is 0. The van der Waals surface area contributed by atoms with Gasteiger partial charge in [0, 0.05) is 6.42 Å². The van der Waals surface area contributed by atoms with Crippen LogP contribution >= 0.6 is 0 Å². The summed E-state index contributed by atoms with van der Waals surface area (Å²) in [6.07, 6.45) is 1.55. The molecule has 0 amide bonds. The van der Waals surface area contributed by atoms with E-state index in [4.69, 9.17) is 9.52 Å². The minimum atomic E-state index is -1.63. The summed E-state index contributed by atoms with van der Waals surface area (Å²) in [5.74, 6) is -1.47. The lowest BCUT2D eigenvalue weighted by Crippen LogP contribution is -2.13. The molecule has 4 nitrogen and oxygen atoms in total. The van der Waals surface area contributed by atoms with Gasteiger partial charge in [-0.3, -0.25) is 4.79 Å². The first-order valence-electron chi connectivity index (χ1n) is 4.67. The van der Waals surface area contributed by atoms with Gasteiger partial charge in [0.05, 0.1) is 11.6 Å². The van der Waals surface area contributed by atoms with Gasteiger partial charge in [0.15, 0.2) is 5.67 Å². The van der Waals surface area contributed by atoms with Crippen molar-refractivity contribution < 1.29 is 18.7 Å². The average Bonchev–Trinajstić information content (AvgIpc) is 2.51. The lowest BCUT2D eigenvalue weighted by Gasteiger charge is -2.07. The molecule has 0 bridgehead atoms. The van der Waals surface area contributed by atoms with Crippen molar-refractivity contribution in [3.8, 4) is 0 Å². The summed E-state index contributed by atoms with van der Waals surface area (Å²) in [5, 5.41) is 8.68. The molecule has 1 aromatic rings. The third-order valence-electron chi connectivity index (χ3n) is 2.00. The van der Waals surface area contributed by atoms with E-state index in [1.54, 1.807) is 6.92 Å². The van der Waals surface area contributed by atoms with Crippen LogP contribution in [0.4, 0.5) is 4.39 Å². The van der Waals surface area contributed by atoms with Crippen molar-refractivity contribution in [1.82, 2.24) is 4.98 Å². The number of carboxylic acid groups (broad SMARTS) is 1. The maximum absolute atomic E-state index is 13.4. The molecule has 0 aliphatic heterocycles. The highest BCUT2D eigenvalue weighted by molar-refractivity contribution is 5.69. The van der Waals surface area contributed by atoms with Gasteiger partial charge in [-0.2, -0.15) is 0 Å². The number of hydrogen-bond donors (Lipinski definition) is 1. The minimum absolute atomic E-state index is 0.0184. The first-order valence-corrected chi connectivity index (χ1v) is 4.67. The maximum atomic E-state index is 13.4. The third-order valence-corrected chi connectivity index (χ3v) is 2.00. The van der Waals surface area contributed by atoms with Crippen LogP contribution in [0.25, 0.3) is 0 Å². The van der Waals surface area contributed by atoms with E-state index in [0.717, 1.165) is 0 Å². The standard InChI is InChI=1S/C10H14FNO3/c1-6(8(13)14)4-7-5-15-9(12-7)10(2,3)11/h5-6H,4H2,1-3H3,(H,13,14). The van der Waals surface area contributed by atoms with Crippen LogP contribution in [-0.2, 0) is 16.9 Å². The molecule has 1 atom stereocenters. The normalized spacial score (nSPS) is 13.9. The first-order chi connectivity index (χ1) is 6.80. The van der Waals surface area contributed by atoms with Gasteiger partial charge in [0.1, 0.15) is 6.26 Å². The summed E-state index contributed by atoms with van der Waals surface area (Å²) in [6.45, 7) is 4.24. The van der Waals surface area contributed by atoms with Crippen LogP contribution in [0.3, 0.4) is 0 Å². The van der Waals surface area contributed by atoms with Crippen LogP contribution in [0, 0.1) is 5.92 Å². The Morgan fingerprint density at radius 2 is 2.33 bits per heavy atom. The molecule has 1 aromatic heterocycles. The summed E-state index contributed by atoms with van der Waals surface area (Å²) in [5.41, 5.74) is -1.17. The summed E-state index contributed by atoms with van der Waals surface area (Å²) in [4.78, 5) is 14.5. The second-order valence-corrected chi connectivity index (χ2v) is 4.06. The zero-order valence-electron chi connectivity index (χ0n) is 8.95. The quantitative estimate of drug-likeness (QED) is 0.835. The number of carboxylic acids is 1. The number of oxazole rings is 1. The van der Waals surface area contributed by atoms with Crippen molar-refractivity contribution >= 4 is 5.97 Å². The van der Waals surface area contributed by atoms with E-state index < -0.39 is 17.6 Å². The van der Waals surface area contributed by atoms with Crippen molar-refractivity contribution in [1.29, 1.82) is 0 Å². The Balaban J connectivity index is 2.73. The largest absolute Gasteiger partial charge is 0.481 e. The van der Waals surface area contributed by atoms with Crippen molar-refractivity contribution in [2.75, 3.05) is 0 Å². The van der Waals surface area contributed by atoms with E-state index in [0.29, 0.717) is 5.69 Å². The van der Waals surface area contributed by atoms with Crippen LogP contribution in [0.1, 0.15) is 32.4 Å². The molecule has 0 radical (unpaired) electrons. The fraction of sp³-hybridized carbons (Fsp3) is 0.600. The fourth-order valence-corrected chi connectivity index (χ4v) is 1.07. The number of carbonyl (C=O) groups is 1. The van der Waals surface area contributed by atoms with Gasteiger partial charge in [-0.15, -0.1) is 0 Å². The number of aromatic nitrogens is 1.